The summed E-state index contributed by atoms with van der Waals surface area (Å²) in [5.74, 6) is 1.73. The van der Waals surface area contributed by atoms with Gasteiger partial charge in [0.15, 0.2) is 0 Å². The molecule has 2 aliphatic heterocycles. The molecular formula is C23H29N5O. The van der Waals surface area contributed by atoms with Crippen molar-refractivity contribution in [2.24, 2.45) is 5.92 Å². The van der Waals surface area contributed by atoms with Crippen molar-refractivity contribution in [2.75, 3.05) is 31.1 Å². The van der Waals surface area contributed by atoms with Gasteiger partial charge in [-0.1, -0.05) is 6.07 Å². The van der Waals surface area contributed by atoms with Crippen LogP contribution in [-0.4, -0.2) is 51.9 Å². The van der Waals surface area contributed by atoms with Crippen molar-refractivity contribution >= 4 is 11.9 Å². The second kappa shape index (κ2) is 8.09. The Kier molecular flexibility index (Phi) is 5.17. The van der Waals surface area contributed by atoms with Crippen molar-refractivity contribution in [1.29, 1.82) is 0 Å². The molecule has 3 fully saturated rings. The molecule has 0 bridgehead atoms. The average Bonchev–Trinajstić information content (AvgIpc) is 3.65. The van der Waals surface area contributed by atoms with Crippen LogP contribution in [0.5, 0.6) is 0 Å². The van der Waals surface area contributed by atoms with Crippen molar-refractivity contribution in [2.45, 2.75) is 50.9 Å². The molecule has 0 spiro atoms. The molecule has 0 N–H and O–H groups in total. The van der Waals surface area contributed by atoms with E-state index in [1.165, 1.54) is 19.3 Å². The molecule has 29 heavy (non-hydrogen) atoms. The third-order valence-corrected chi connectivity index (χ3v) is 6.46. The summed E-state index contributed by atoms with van der Waals surface area (Å²) in [5, 5.41) is 0. The topological polar surface area (TPSA) is 62.2 Å². The molecule has 1 saturated carbocycles. The number of carbonyl (C=O) groups excluding carboxylic acids is 1. The number of rotatable bonds is 4. The van der Waals surface area contributed by atoms with E-state index in [2.05, 4.69) is 20.9 Å². The van der Waals surface area contributed by atoms with Crippen LogP contribution in [0.15, 0.2) is 30.7 Å². The lowest BCUT2D eigenvalue weighted by molar-refractivity contribution is -0.133. The molecule has 6 nitrogen and oxygen atoms in total. The maximum atomic E-state index is 12.7. The van der Waals surface area contributed by atoms with E-state index in [9.17, 15) is 4.79 Å². The van der Waals surface area contributed by atoms with Crippen molar-refractivity contribution < 1.29 is 4.79 Å². The number of amides is 1. The van der Waals surface area contributed by atoms with Gasteiger partial charge < -0.3 is 9.80 Å². The summed E-state index contributed by atoms with van der Waals surface area (Å²) in [7, 11) is 0. The Morgan fingerprint density at radius 1 is 1.00 bits per heavy atom. The molecule has 1 amide bonds. The lowest BCUT2D eigenvalue weighted by Crippen LogP contribution is -2.40. The monoisotopic (exact) mass is 391 g/mol. The minimum Gasteiger partial charge on any atom is -0.342 e. The number of nitrogens with zero attached hydrogens (tertiary/aromatic N) is 5. The zero-order chi connectivity index (χ0) is 19.6. The molecule has 0 aromatic carbocycles. The SMILES string of the molecule is O=C(C1CC1)N1CCCC(c2nc(N3CCCCC3)ncc2-c2cccnc2)C1. The van der Waals surface area contributed by atoms with E-state index in [0.29, 0.717) is 5.91 Å². The van der Waals surface area contributed by atoms with Gasteiger partial charge in [0.25, 0.3) is 0 Å². The van der Waals surface area contributed by atoms with Gasteiger partial charge in [-0.25, -0.2) is 9.97 Å². The molecule has 4 heterocycles. The number of hydrogen-bond acceptors (Lipinski definition) is 5. The van der Waals surface area contributed by atoms with Crippen molar-refractivity contribution in [1.82, 2.24) is 19.9 Å². The number of aromatic nitrogens is 3. The lowest BCUT2D eigenvalue weighted by Gasteiger charge is -2.34. The molecule has 2 saturated heterocycles. The van der Waals surface area contributed by atoms with Crippen molar-refractivity contribution in [3.8, 4) is 11.1 Å². The molecule has 3 aliphatic rings. The summed E-state index contributed by atoms with van der Waals surface area (Å²) in [5.41, 5.74) is 3.20. The summed E-state index contributed by atoms with van der Waals surface area (Å²) in [4.78, 5) is 31.2. The number of anilines is 1. The number of pyridine rings is 1. The Balaban J connectivity index is 1.48. The first kappa shape index (κ1) is 18.5. The second-order valence-electron chi connectivity index (χ2n) is 8.66. The van der Waals surface area contributed by atoms with Gasteiger partial charge >= 0.3 is 0 Å². The molecule has 2 aromatic heterocycles. The maximum absolute atomic E-state index is 12.7. The summed E-state index contributed by atoms with van der Waals surface area (Å²) >= 11 is 0. The minimum atomic E-state index is 0.258. The fraction of sp³-hybridized carbons (Fsp3) is 0.565. The first-order chi connectivity index (χ1) is 14.3. The normalized spacial score (nSPS) is 22.6. The summed E-state index contributed by atoms with van der Waals surface area (Å²) in [6, 6.07) is 4.03. The Labute approximate surface area is 172 Å². The predicted octanol–water partition coefficient (Wildman–Crippen LogP) is 3.64. The number of piperidine rings is 2. The Bertz CT molecular complexity index is 861. The molecular weight excluding hydrogens is 362 g/mol. The van der Waals surface area contributed by atoms with Gasteiger partial charge in [-0.2, -0.15) is 0 Å². The summed E-state index contributed by atoms with van der Waals surface area (Å²) in [6.45, 7) is 3.72. The van der Waals surface area contributed by atoms with Crippen LogP contribution in [-0.2, 0) is 4.79 Å². The predicted molar refractivity (Wildman–Crippen MR) is 113 cm³/mol. The van der Waals surface area contributed by atoms with Gasteiger partial charge in [-0.15, -0.1) is 0 Å². The quantitative estimate of drug-likeness (QED) is 0.796. The first-order valence-corrected chi connectivity index (χ1v) is 11.1. The Morgan fingerprint density at radius 3 is 2.62 bits per heavy atom. The van der Waals surface area contributed by atoms with Gasteiger partial charge in [0.2, 0.25) is 11.9 Å². The van der Waals surface area contributed by atoms with Gasteiger partial charge in [-0.3, -0.25) is 9.78 Å². The largest absolute Gasteiger partial charge is 0.342 e. The highest BCUT2D eigenvalue weighted by Gasteiger charge is 2.36. The molecule has 0 radical (unpaired) electrons. The zero-order valence-electron chi connectivity index (χ0n) is 17.0. The van der Waals surface area contributed by atoms with E-state index in [1.54, 1.807) is 6.20 Å². The van der Waals surface area contributed by atoms with Gasteiger partial charge in [0.1, 0.15) is 0 Å². The van der Waals surface area contributed by atoms with E-state index in [0.717, 1.165) is 74.6 Å². The van der Waals surface area contributed by atoms with Gasteiger partial charge in [0.05, 0.1) is 5.69 Å². The maximum Gasteiger partial charge on any atom is 0.225 e. The molecule has 2 aromatic rings. The summed E-state index contributed by atoms with van der Waals surface area (Å²) in [6.07, 6.45) is 13.6. The van der Waals surface area contributed by atoms with Crippen molar-refractivity contribution in [3.63, 3.8) is 0 Å². The van der Waals surface area contributed by atoms with Crippen LogP contribution < -0.4 is 4.90 Å². The van der Waals surface area contributed by atoms with E-state index < -0.39 is 0 Å². The standard InChI is InChI=1S/C23H29N5O/c29-22(17-8-9-17)28-13-5-7-19(16-28)21-20(18-6-4-10-24-14-18)15-25-23(26-21)27-11-2-1-3-12-27/h4,6,10,14-15,17,19H,1-3,5,7-9,11-13,16H2. The molecule has 5 rings (SSSR count). The fourth-order valence-electron chi connectivity index (χ4n) is 4.68. The molecule has 152 valence electrons. The zero-order valence-corrected chi connectivity index (χ0v) is 17.0. The third-order valence-electron chi connectivity index (χ3n) is 6.46. The van der Waals surface area contributed by atoms with Gasteiger partial charge in [-0.05, 0) is 51.0 Å². The van der Waals surface area contributed by atoms with Crippen LogP contribution in [0.25, 0.3) is 11.1 Å². The Morgan fingerprint density at radius 2 is 1.86 bits per heavy atom. The smallest absolute Gasteiger partial charge is 0.225 e. The summed E-state index contributed by atoms with van der Waals surface area (Å²) < 4.78 is 0. The van der Waals surface area contributed by atoms with Crippen LogP contribution in [0.3, 0.4) is 0 Å². The van der Waals surface area contributed by atoms with Gasteiger partial charge in [0, 0.05) is 67.7 Å². The molecule has 1 unspecified atom stereocenters. The number of carbonyl (C=O) groups is 1. The van der Waals surface area contributed by atoms with Crippen LogP contribution in [0.1, 0.15) is 56.6 Å². The fourth-order valence-corrected chi connectivity index (χ4v) is 4.68. The first-order valence-electron chi connectivity index (χ1n) is 11.1. The van der Waals surface area contributed by atoms with Crippen LogP contribution >= 0.6 is 0 Å². The van der Waals surface area contributed by atoms with Crippen LogP contribution in [0.2, 0.25) is 0 Å². The molecule has 6 heteroatoms. The Hall–Kier alpha value is -2.50. The lowest BCUT2D eigenvalue weighted by atomic mass is 9.90. The molecule has 1 aliphatic carbocycles. The average molecular weight is 392 g/mol. The highest BCUT2D eigenvalue weighted by Crippen LogP contribution is 2.37. The van der Waals surface area contributed by atoms with E-state index in [1.807, 2.05) is 18.5 Å². The van der Waals surface area contributed by atoms with E-state index in [4.69, 9.17) is 9.97 Å². The second-order valence-corrected chi connectivity index (χ2v) is 8.66. The molecule has 1 atom stereocenters. The number of hydrogen-bond donors (Lipinski definition) is 0. The highest BCUT2D eigenvalue weighted by atomic mass is 16.2. The minimum absolute atomic E-state index is 0.258. The van der Waals surface area contributed by atoms with Crippen LogP contribution in [0, 0.1) is 5.92 Å². The number of likely N-dealkylation sites (tertiary alicyclic amines) is 1. The van der Waals surface area contributed by atoms with E-state index in [-0.39, 0.29) is 11.8 Å². The highest BCUT2D eigenvalue weighted by molar-refractivity contribution is 5.81. The van der Waals surface area contributed by atoms with Crippen molar-refractivity contribution in [3.05, 3.63) is 36.4 Å². The third kappa shape index (κ3) is 3.98. The van der Waals surface area contributed by atoms with Crippen LogP contribution in [0.4, 0.5) is 5.95 Å². The van der Waals surface area contributed by atoms with E-state index >= 15 is 0 Å².